The molecule has 16 heavy (non-hydrogen) atoms. The maximum Gasteiger partial charge on any atom is 0.0471 e. The van der Waals surface area contributed by atoms with E-state index in [1.165, 1.54) is 28.5 Å². The van der Waals surface area contributed by atoms with E-state index in [2.05, 4.69) is 51.8 Å². The summed E-state index contributed by atoms with van der Waals surface area (Å²) in [6.45, 7) is 3.57. The highest BCUT2D eigenvalue weighted by Gasteiger charge is 2.18. The molecule has 1 heterocycles. The number of piperidine rings is 1. The number of rotatable bonds is 3. The lowest BCUT2D eigenvalue weighted by Crippen LogP contribution is -2.36. The first-order valence-corrected chi connectivity index (χ1v) is 6.93. The molecule has 2 nitrogen and oxygen atoms in total. The Hall–Kier alpha value is -0.130. The van der Waals surface area contributed by atoms with Crippen LogP contribution in [0.1, 0.15) is 18.4 Å². The van der Waals surface area contributed by atoms with Gasteiger partial charge in [-0.3, -0.25) is 4.90 Å². The van der Waals surface area contributed by atoms with Crippen LogP contribution in [-0.2, 0) is 6.54 Å². The molecule has 0 radical (unpaired) electrons. The van der Waals surface area contributed by atoms with E-state index in [0.717, 1.165) is 13.1 Å². The molecule has 1 aromatic rings. The smallest absolute Gasteiger partial charge is 0.0471 e. The Balaban J connectivity index is 1.91. The zero-order chi connectivity index (χ0) is 11.4. The minimum absolute atomic E-state index is 0.336. The molecule has 0 aromatic heterocycles. The summed E-state index contributed by atoms with van der Waals surface area (Å²) in [5.41, 5.74) is 1.37. The van der Waals surface area contributed by atoms with Gasteiger partial charge in [-0.15, -0.1) is 0 Å². The van der Waals surface area contributed by atoms with E-state index in [4.69, 9.17) is 0 Å². The summed E-state index contributed by atoms with van der Waals surface area (Å²) < 4.78 is 1.29. The van der Waals surface area contributed by atoms with E-state index >= 15 is 0 Å². The van der Waals surface area contributed by atoms with Crippen molar-refractivity contribution in [3.8, 4) is 0 Å². The van der Waals surface area contributed by atoms with Crippen molar-refractivity contribution in [3.63, 3.8) is 0 Å². The first kappa shape index (κ1) is 12.3. The summed E-state index contributed by atoms with van der Waals surface area (Å²) in [6, 6.07) is 8.71. The monoisotopic (exact) mass is 331 g/mol. The van der Waals surface area contributed by atoms with Crippen molar-refractivity contribution in [2.45, 2.75) is 19.4 Å². The zero-order valence-corrected chi connectivity index (χ0v) is 11.6. The van der Waals surface area contributed by atoms with E-state index in [0.29, 0.717) is 12.5 Å². The summed E-state index contributed by atoms with van der Waals surface area (Å²) in [5.74, 6) is 0.484. The second-order valence-electron chi connectivity index (χ2n) is 4.55. The molecule has 0 bridgehead atoms. The van der Waals surface area contributed by atoms with E-state index in [1.54, 1.807) is 0 Å². The molecule has 3 heteroatoms. The van der Waals surface area contributed by atoms with E-state index < -0.39 is 0 Å². The van der Waals surface area contributed by atoms with E-state index in [9.17, 15) is 5.11 Å². The molecule has 0 saturated carbocycles. The molecule has 1 aromatic carbocycles. The number of aliphatic hydroxyl groups is 1. The van der Waals surface area contributed by atoms with Crippen LogP contribution in [0.3, 0.4) is 0 Å². The molecule has 1 atom stereocenters. The van der Waals surface area contributed by atoms with Crippen molar-refractivity contribution in [1.29, 1.82) is 0 Å². The molecule has 0 aliphatic carbocycles. The van der Waals surface area contributed by atoms with Crippen LogP contribution < -0.4 is 0 Å². The van der Waals surface area contributed by atoms with Gasteiger partial charge >= 0.3 is 0 Å². The fourth-order valence-electron chi connectivity index (χ4n) is 2.29. The topological polar surface area (TPSA) is 23.5 Å². The van der Waals surface area contributed by atoms with Crippen LogP contribution in [0.5, 0.6) is 0 Å². The molecular formula is C13H18INO. The molecule has 1 saturated heterocycles. The predicted molar refractivity (Wildman–Crippen MR) is 74.2 cm³/mol. The maximum absolute atomic E-state index is 9.18. The average Bonchev–Trinajstić information content (AvgIpc) is 2.32. The van der Waals surface area contributed by atoms with Gasteiger partial charge in [0.15, 0.2) is 0 Å². The third kappa shape index (κ3) is 3.43. The normalized spacial score (nSPS) is 22.2. The van der Waals surface area contributed by atoms with Gasteiger partial charge in [-0.05, 0) is 65.6 Å². The predicted octanol–water partition coefficient (Wildman–Crippen LogP) is 2.50. The SMILES string of the molecule is OC[C@H]1CCCN(Cc2ccc(I)cc2)C1. The third-order valence-corrected chi connectivity index (χ3v) is 3.90. The minimum atomic E-state index is 0.336. The molecule has 1 aliphatic rings. The highest BCUT2D eigenvalue weighted by Crippen LogP contribution is 2.18. The van der Waals surface area contributed by atoms with Gasteiger partial charge in [-0.25, -0.2) is 0 Å². The van der Waals surface area contributed by atoms with E-state index in [-0.39, 0.29) is 0 Å². The standard InChI is InChI=1S/C13H18INO/c14-13-5-3-11(4-6-13)8-15-7-1-2-12(9-15)10-16/h3-6,12,16H,1-2,7-10H2/t12-/m0/s1. The van der Waals surface area contributed by atoms with Crippen LogP contribution in [0, 0.1) is 9.49 Å². The average molecular weight is 331 g/mol. The van der Waals surface area contributed by atoms with Crippen molar-refractivity contribution in [3.05, 3.63) is 33.4 Å². The van der Waals surface area contributed by atoms with Crippen LogP contribution in [0.25, 0.3) is 0 Å². The molecule has 1 fully saturated rings. The third-order valence-electron chi connectivity index (χ3n) is 3.18. The van der Waals surface area contributed by atoms with E-state index in [1.807, 2.05) is 0 Å². The fraction of sp³-hybridized carbons (Fsp3) is 0.538. The van der Waals surface area contributed by atoms with Gasteiger partial charge in [0.2, 0.25) is 0 Å². The largest absolute Gasteiger partial charge is 0.396 e. The van der Waals surface area contributed by atoms with Crippen LogP contribution in [0.4, 0.5) is 0 Å². The van der Waals surface area contributed by atoms with Crippen molar-refractivity contribution >= 4 is 22.6 Å². The molecule has 1 N–H and O–H groups in total. The van der Waals surface area contributed by atoms with Gasteiger partial charge in [0, 0.05) is 23.3 Å². The maximum atomic E-state index is 9.18. The molecule has 0 amide bonds. The molecular weight excluding hydrogens is 313 g/mol. The summed E-state index contributed by atoms with van der Waals surface area (Å²) in [6.07, 6.45) is 2.40. The number of benzene rings is 1. The fourth-order valence-corrected chi connectivity index (χ4v) is 2.65. The molecule has 88 valence electrons. The van der Waals surface area contributed by atoms with Gasteiger partial charge in [-0.2, -0.15) is 0 Å². The Morgan fingerprint density at radius 3 is 2.75 bits per heavy atom. The first-order chi connectivity index (χ1) is 7.78. The Kier molecular flexibility index (Phi) is 4.61. The van der Waals surface area contributed by atoms with Gasteiger partial charge in [0.1, 0.15) is 0 Å². The van der Waals surface area contributed by atoms with Crippen LogP contribution >= 0.6 is 22.6 Å². The number of halogens is 1. The number of hydrogen-bond acceptors (Lipinski definition) is 2. The van der Waals surface area contributed by atoms with Crippen LogP contribution in [-0.4, -0.2) is 29.7 Å². The highest BCUT2D eigenvalue weighted by atomic mass is 127. The summed E-state index contributed by atoms with van der Waals surface area (Å²) >= 11 is 2.33. The number of aliphatic hydroxyl groups excluding tert-OH is 1. The Morgan fingerprint density at radius 2 is 2.06 bits per heavy atom. The van der Waals surface area contributed by atoms with Crippen molar-refractivity contribution in [2.24, 2.45) is 5.92 Å². The van der Waals surface area contributed by atoms with Gasteiger partial charge in [0.05, 0.1) is 0 Å². The quantitative estimate of drug-likeness (QED) is 0.861. The van der Waals surface area contributed by atoms with Crippen LogP contribution in [0.15, 0.2) is 24.3 Å². The van der Waals surface area contributed by atoms with Gasteiger partial charge < -0.3 is 5.11 Å². The lowest BCUT2D eigenvalue weighted by atomic mass is 9.98. The molecule has 0 spiro atoms. The number of hydrogen-bond donors (Lipinski definition) is 1. The lowest BCUT2D eigenvalue weighted by Gasteiger charge is -2.31. The van der Waals surface area contributed by atoms with Gasteiger partial charge in [0.25, 0.3) is 0 Å². The zero-order valence-electron chi connectivity index (χ0n) is 9.40. The Morgan fingerprint density at radius 1 is 1.31 bits per heavy atom. The van der Waals surface area contributed by atoms with Crippen molar-refractivity contribution < 1.29 is 5.11 Å². The number of nitrogens with zero attached hydrogens (tertiary/aromatic N) is 1. The second-order valence-corrected chi connectivity index (χ2v) is 5.80. The molecule has 1 aliphatic heterocycles. The Bertz CT molecular complexity index is 325. The summed E-state index contributed by atoms with van der Waals surface area (Å²) in [5, 5.41) is 9.18. The van der Waals surface area contributed by atoms with Gasteiger partial charge in [-0.1, -0.05) is 12.1 Å². The molecule has 2 rings (SSSR count). The minimum Gasteiger partial charge on any atom is -0.396 e. The first-order valence-electron chi connectivity index (χ1n) is 5.85. The summed E-state index contributed by atoms with van der Waals surface area (Å²) in [7, 11) is 0. The molecule has 0 unspecified atom stereocenters. The van der Waals surface area contributed by atoms with Crippen molar-refractivity contribution in [2.75, 3.05) is 19.7 Å². The number of likely N-dealkylation sites (tertiary alicyclic amines) is 1. The summed E-state index contributed by atoms with van der Waals surface area (Å²) in [4.78, 5) is 2.45. The Labute approximate surface area is 111 Å². The second kappa shape index (κ2) is 5.98. The van der Waals surface area contributed by atoms with Crippen LogP contribution in [0.2, 0.25) is 0 Å². The highest BCUT2D eigenvalue weighted by molar-refractivity contribution is 14.1. The lowest BCUT2D eigenvalue weighted by molar-refractivity contribution is 0.116. The van der Waals surface area contributed by atoms with Crippen molar-refractivity contribution in [1.82, 2.24) is 4.90 Å².